The van der Waals surface area contributed by atoms with E-state index < -0.39 is 106 Å². The average Bonchev–Trinajstić information content (AvgIpc) is 2.81. The molecule has 0 amide bonds. The van der Waals surface area contributed by atoms with E-state index in [1.165, 1.54) is 13.8 Å². The number of aliphatic hydroxyl groups excluding tert-OH is 10. The third-order valence-electron chi connectivity index (χ3n) is 5.71. The molecule has 202 valence electrons. The van der Waals surface area contributed by atoms with Crippen molar-refractivity contribution in [1.29, 1.82) is 0 Å². The van der Waals surface area contributed by atoms with Crippen LogP contribution in [0.2, 0.25) is 0 Å². The predicted octanol–water partition coefficient (Wildman–Crippen LogP) is -5.91. The third-order valence-corrected chi connectivity index (χ3v) is 5.71. The zero-order chi connectivity index (χ0) is 25.7. The number of ether oxygens (including phenoxy) is 5. The first-order valence-electron chi connectivity index (χ1n) is 10.8. The summed E-state index contributed by atoms with van der Waals surface area (Å²) in [5.41, 5.74) is 0. The molecule has 5 unspecified atom stereocenters. The summed E-state index contributed by atoms with van der Waals surface area (Å²) in [6, 6.07) is 0. The maximum atomic E-state index is 10.6. The van der Waals surface area contributed by atoms with E-state index in [4.69, 9.17) is 28.8 Å². The molecule has 0 radical (unpaired) electrons. The summed E-state index contributed by atoms with van der Waals surface area (Å²) >= 11 is 0. The van der Waals surface area contributed by atoms with Crippen molar-refractivity contribution in [1.82, 2.24) is 0 Å². The molecule has 15 nitrogen and oxygen atoms in total. The highest BCUT2D eigenvalue weighted by Crippen LogP contribution is 2.28. The molecule has 2 rings (SSSR count). The van der Waals surface area contributed by atoms with Crippen LogP contribution in [0, 0.1) is 0 Å². The molecular weight excluding hydrogens is 468 g/mol. The van der Waals surface area contributed by atoms with Crippen molar-refractivity contribution in [3.63, 3.8) is 0 Å². The first-order chi connectivity index (χ1) is 15.9. The zero-order valence-electron chi connectivity index (χ0n) is 18.7. The summed E-state index contributed by atoms with van der Waals surface area (Å²) < 4.78 is 26.5. The lowest BCUT2D eigenvalue weighted by Gasteiger charge is -2.44. The monoisotopic (exact) mass is 504 g/mol. The van der Waals surface area contributed by atoms with Crippen molar-refractivity contribution < 1.29 is 74.7 Å². The molecule has 15 heteroatoms. The Labute approximate surface area is 195 Å². The SMILES string of the molecule is C[C@@H](O)[C@@H](O)[C@H](OC(O)CO)O[C@H]1C(CO)O[C@H](OCC2O[C@H](C)[C@H](O)C(O)[C@@H]2O)[C@H](O)C1O. The molecule has 2 saturated heterocycles. The topological polar surface area (TPSA) is 248 Å². The Hall–Kier alpha value is -0.600. The smallest absolute Gasteiger partial charge is 0.189 e. The van der Waals surface area contributed by atoms with E-state index >= 15 is 0 Å². The van der Waals surface area contributed by atoms with E-state index in [1.807, 2.05) is 0 Å². The summed E-state index contributed by atoms with van der Waals surface area (Å²) in [5, 5.41) is 98.7. The Balaban J connectivity index is 2.06. The van der Waals surface area contributed by atoms with Gasteiger partial charge in [-0.15, -0.1) is 0 Å². The van der Waals surface area contributed by atoms with Crippen LogP contribution in [-0.4, -0.2) is 157 Å². The minimum absolute atomic E-state index is 0.428. The molecule has 34 heavy (non-hydrogen) atoms. The van der Waals surface area contributed by atoms with Gasteiger partial charge < -0.3 is 74.7 Å². The van der Waals surface area contributed by atoms with E-state index in [9.17, 15) is 46.0 Å². The van der Waals surface area contributed by atoms with Gasteiger partial charge in [-0.1, -0.05) is 0 Å². The third kappa shape index (κ3) is 7.00. The maximum absolute atomic E-state index is 10.6. The molecule has 0 saturated carbocycles. The van der Waals surface area contributed by atoms with Crippen LogP contribution < -0.4 is 0 Å². The van der Waals surface area contributed by atoms with Crippen LogP contribution in [0.4, 0.5) is 0 Å². The van der Waals surface area contributed by atoms with Gasteiger partial charge >= 0.3 is 0 Å². The molecule has 2 aliphatic rings. The van der Waals surface area contributed by atoms with Gasteiger partial charge in [0.25, 0.3) is 0 Å². The zero-order valence-corrected chi connectivity index (χ0v) is 18.7. The van der Waals surface area contributed by atoms with Crippen molar-refractivity contribution in [3.05, 3.63) is 0 Å². The first kappa shape index (κ1) is 29.6. The van der Waals surface area contributed by atoms with Gasteiger partial charge in [-0.3, -0.25) is 0 Å². The molecule has 0 spiro atoms. The molecule has 2 heterocycles. The fraction of sp³-hybridized carbons (Fsp3) is 1.00. The van der Waals surface area contributed by atoms with Crippen LogP contribution in [-0.2, 0) is 23.7 Å². The van der Waals surface area contributed by atoms with Crippen LogP contribution >= 0.6 is 0 Å². The molecule has 2 aliphatic heterocycles. The summed E-state index contributed by atoms with van der Waals surface area (Å²) in [7, 11) is 0. The van der Waals surface area contributed by atoms with E-state index in [0.29, 0.717) is 0 Å². The normalized spacial score (nSPS) is 42.7. The van der Waals surface area contributed by atoms with Gasteiger partial charge in [-0.25, -0.2) is 0 Å². The Morgan fingerprint density at radius 2 is 1.47 bits per heavy atom. The maximum Gasteiger partial charge on any atom is 0.189 e. The van der Waals surface area contributed by atoms with E-state index in [-0.39, 0.29) is 0 Å². The second-order valence-electron chi connectivity index (χ2n) is 8.37. The Morgan fingerprint density at radius 3 is 2.03 bits per heavy atom. The van der Waals surface area contributed by atoms with Gasteiger partial charge in [0.15, 0.2) is 18.9 Å². The van der Waals surface area contributed by atoms with Crippen LogP contribution in [0.5, 0.6) is 0 Å². The summed E-state index contributed by atoms with van der Waals surface area (Å²) in [5.74, 6) is 0. The second kappa shape index (κ2) is 13.1. The van der Waals surface area contributed by atoms with Gasteiger partial charge in [-0.05, 0) is 13.8 Å². The van der Waals surface area contributed by atoms with E-state index in [0.717, 1.165) is 0 Å². The fourth-order valence-electron chi connectivity index (χ4n) is 3.60. The Kier molecular flexibility index (Phi) is 11.4. The molecule has 0 aromatic carbocycles. The number of hydrogen-bond donors (Lipinski definition) is 10. The van der Waals surface area contributed by atoms with Crippen LogP contribution in [0.15, 0.2) is 0 Å². The molecule has 10 N–H and O–H groups in total. The summed E-state index contributed by atoms with van der Waals surface area (Å²) in [6.07, 6.45) is -21.1. The lowest BCUT2D eigenvalue weighted by atomic mass is 9.96. The van der Waals surface area contributed by atoms with Gasteiger partial charge in [0.05, 0.1) is 32.0 Å². The van der Waals surface area contributed by atoms with Gasteiger partial charge in [0.2, 0.25) is 0 Å². The highest BCUT2D eigenvalue weighted by molar-refractivity contribution is 4.93. The average molecular weight is 504 g/mol. The molecule has 14 atom stereocenters. The lowest BCUT2D eigenvalue weighted by Crippen LogP contribution is -2.63. The molecule has 0 aromatic rings. The van der Waals surface area contributed by atoms with Crippen molar-refractivity contribution >= 4 is 0 Å². The van der Waals surface area contributed by atoms with Crippen LogP contribution in [0.3, 0.4) is 0 Å². The predicted molar refractivity (Wildman–Crippen MR) is 107 cm³/mol. The number of rotatable bonds is 11. The Bertz CT molecular complexity index is 594. The second-order valence-corrected chi connectivity index (χ2v) is 8.37. The van der Waals surface area contributed by atoms with Crippen molar-refractivity contribution in [2.24, 2.45) is 0 Å². The van der Waals surface area contributed by atoms with E-state index in [2.05, 4.69) is 0 Å². The van der Waals surface area contributed by atoms with Crippen molar-refractivity contribution in [3.8, 4) is 0 Å². The molecule has 0 aliphatic carbocycles. The minimum atomic E-state index is -1.81. The summed E-state index contributed by atoms with van der Waals surface area (Å²) in [4.78, 5) is 0. The molecule has 0 bridgehead atoms. The largest absolute Gasteiger partial charge is 0.394 e. The lowest BCUT2D eigenvalue weighted by molar-refractivity contribution is -0.354. The number of hydrogen-bond acceptors (Lipinski definition) is 15. The van der Waals surface area contributed by atoms with Gasteiger partial charge in [0.1, 0.15) is 54.9 Å². The fourth-order valence-corrected chi connectivity index (χ4v) is 3.60. The Morgan fingerprint density at radius 1 is 0.824 bits per heavy atom. The van der Waals surface area contributed by atoms with Crippen LogP contribution in [0.25, 0.3) is 0 Å². The minimum Gasteiger partial charge on any atom is -0.394 e. The van der Waals surface area contributed by atoms with Crippen LogP contribution in [0.1, 0.15) is 13.8 Å². The molecule has 2 fully saturated rings. The van der Waals surface area contributed by atoms with Crippen molar-refractivity contribution in [2.45, 2.75) is 99.9 Å². The highest BCUT2D eigenvalue weighted by Gasteiger charge is 2.49. The quantitative estimate of drug-likeness (QED) is 0.118. The first-order valence-corrected chi connectivity index (χ1v) is 10.8. The molecular formula is C19H36O15. The van der Waals surface area contributed by atoms with Gasteiger partial charge in [0, 0.05) is 0 Å². The van der Waals surface area contributed by atoms with Crippen molar-refractivity contribution in [2.75, 3.05) is 19.8 Å². The highest BCUT2D eigenvalue weighted by atomic mass is 16.8. The van der Waals surface area contributed by atoms with Gasteiger partial charge in [-0.2, -0.15) is 0 Å². The molecule has 0 aromatic heterocycles. The number of aliphatic hydroxyl groups is 10. The van der Waals surface area contributed by atoms with E-state index in [1.54, 1.807) is 0 Å². The standard InChI is InChI=1S/C19H36O15/c1-6(22)11(24)19(33-10(23)4-21)34-17-8(3-20)32-18(16(29)15(17)28)30-5-9-13(26)14(27)12(25)7(2)31-9/h6-29H,3-5H2,1-2H3/t6-,7-,8?,9?,10?,11-,12+,13-,14?,15?,16-,17+,18+,19-/m1/s1. The summed E-state index contributed by atoms with van der Waals surface area (Å²) in [6.45, 7) is 0.587.